The molecule has 0 spiro atoms. The third-order valence-corrected chi connectivity index (χ3v) is 3.98. The smallest absolute Gasteiger partial charge is 0.307 e. The van der Waals surface area contributed by atoms with E-state index in [2.05, 4.69) is 21.2 Å². The van der Waals surface area contributed by atoms with E-state index in [9.17, 15) is 13.2 Å². The van der Waals surface area contributed by atoms with Crippen LogP contribution in [0.3, 0.4) is 0 Å². The summed E-state index contributed by atoms with van der Waals surface area (Å²) < 4.78 is 37.9. The lowest BCUT2D eigenvalue weighted by Crippen LogP contribution is -2.33. The van der Waals surface area contributed by atoms with E-state index in [1.54, 1.807) is 6.92 Å². The Kier molecular flexibility index (Phi) is 4.02. The summed E-state index contributed by atoms with van der Waals surface area (Å²) in [7, 11) is 0. The Morgan fingerprint density at radius 2 is 2.17 bits per heavy atom. The van der Waals surface area contributed by atoms with Crippen molar-refractivity contribution in [2.75, 3.05) is 0 Å². The van der Waals surface area contributed by atoms with Gasteiger partial charge >= 0.3 is 6.18 Å². The summed E-state index contributed by atoms with van der Waals surface area (Å²) in [6, 6.07) is 5.37. The molecule has 1 N–H and O–H groups in total. The Morgan fingerprint density at radius 1 is 1.44 bits per heavy atom. The molecule has 0 radical (unpaired) electrons. The quantitative estimate of drug-likeness (QED) is 0.871. The van der Waals surface area contributed by atoms with Crippen molar-refractivity contribution in [3.8, 4) is 0 Å². The van der Waals surface area contributed by atoms with Crippen LogP contribution in [0.4, 0.5) is 13.2 Å². The molecule has 1 aliphatic carbocycles. The predicted octanol–water partition coefficient (Wildman–Crippen LogP) is 4.37. The summed E-state index contributed by atoms with van der Waals surface area (Å²) in [5.74, 6) is 0. The summed E-state index contributed by atoms with van der Waals surface area (Å²) in [5, 5.41) is 3.08. The van der Waals surface area contributed by atoms with Crippen molar-refractivity contribution >= 4 is 15.9 Å². The lowest BCUT2D eigenvalue weighted by atomic mass is 10.1. The van der Waals surface area contributed by atoms with Gasteiger partial charge in [-0.15, -0.1) is 0 Å². The van der Waals surface area contributed by atoms with Crippen molar-refractivity contribution in [3.63, 3.8) is 0 Å². The van der Waals surface area contributed by atoms with Crippen LogP contribution in [0.2, 0.25) is 0 Å². The third-order valence-electron chi connectivity index (χ3n) is 3.24. The van der Waals surface area contributed by atoms with Crippen molar-refractivity contribution in [2.45, 2.75) is 44.4 Å². The maximum atomic E-state index is 12.3. The fourth-order valence-corrected chi connectivity index (χ4v) is 3.11. The number of rotatable bonds is 3. The summed E-state index contributed by atoms with van der Waals surface area (Å²) >= 11 is 3.48. The lowest BCUT2D eigenvalue weighted by molar-refractivity contribution is -0.139. The van der Waals surface area contributed by atoms with Crippen molar-refractivity contribution in [1.29, 1.82) is 0 Å². The monoisotopic (exact) mass is 321 g/mol. The van der Waals surface area contributed by atoms with Crippen molar-refractivity contribution in [2.24, 2.45) is 0 Å². The highest BCUT2D eigenvalue weighted by atomic mass is 79.9. The Balaban J connectivity index is 2.04. The number of fused-ring (bicyclic) bond motifs is 1. The Hall–Kier alpha value is -0.550. The van der Waals surface area contributed by atoms with Gasteiger partial charge in [0.1, 0.15) is 0 Å². The van der Waals surface area contributed by atoms with Crippen molar-refractivity contribution in [3.05, 3.63) is 33.8 Å². The largest absolute Gasteiger partial charge is 0.390 e. The van der Waals surface area contributed by atoms with E-state index in [0.29, 0.717) is 0 Å². The van der Waals surface area contributed by atoms with Gasteiger partial charge in [0.2, 0.25) is 0 Å². The van der Waals surface area contributed by atoms with Crippen LogP contribution in [0.25, 0.3) is 0 Å². The van der Waals surface area contributed by atoms with Crippen molar-refractivity contribution in [1.82, 2.24) is 5.32 Å². The van der Waals surface area contributed by atoms with Crippen LogP contribution in [0.15, 0.2) is 22.7 Å². The van der Waals surface area contributed by atoms with E-state index < -0.39 is 18.6 Å². The summed E-state index contributed by atoms with van der Waals surface area (Å²) in [5.41, 5.74) is 2.34. The van der Waals surface area contributed by atoms with E-state index in [1.807, 2.05) is 18.2 Å². The minimum Gasteiger partial charge on any atom is -0.307 e. The number of benzene rings is 1. The van der Waals surface area contributed by atoms with Gasteiger partial charge in [-0.3, -0.25) is 0 Å². The van der Waals surface area contributed by atoms with Gasteiger partial charge < -0.3 is 5.32 Å². The molecular formula is C13H15BrF3N. The normalized spacial score (nSPS) is 20.8. The number of alkyl halides is 3. The molecule has 100 valence electrons. The fourth-order valence-electron chi connectivity index (χ4n) is 2.53. The molecule has 0 aliphatic heterocycles. The van der Waals surface area contributed by atoms with Gasteiger partial charge in [0.25, 0.3) is 0 Å². The van der Waals surface area contributed by atoms with Gasteiger partial charge in [0, 0.05) is 16.6 Å². The zero-order valence-corrected chi connectivity index (χ0v) is 11.6. The van der Waals surface area contributed by atoms with Crippen LogP contribution in [0, 0.1) is 0 Å². The van der Waals surface area contributed by atoms with Crippen LogP contribution in [0.5, 0.6) is 0 Å². The number of nitrogens with one attached hydrogen (secondary N) is 1. The Bertz CT molecular complexity index is 431. The first kappa shape index (κ1) is 13.9. The first-order chi connectivity index (χ1) is 8.37. The van der Waals surface area contributed by atoms with Gasteiger partial charge in [-0.2, -0.15) is 13.2 Å². The van der Waals surface area contributed by atoms with E-state index in [-0.39, 0.29) is 6.04 Å². The maximum Gasteiger partial charge on any atom is 0.390 e. The van der Waals surface area contributed by atoms with E-state index >= 15 is 0 Å². The van der Waals surface area contributed by atoms with E-state index in [1.165, 1.54) is 5.56 Å². The van der Waals surface area contributed by atoms with E-state index in [0.717, 1.165) is 22.9 Å². The minimum atomic E-state index is -4.11. The molecular weight excluding hydrogens is 307 g/mol. The highest BCUT2D eigenvalue weighted by Gasteiger charge is 2.32. The topological polar surface area (TPSA) is 12.0 Å². The molecule has 2 rings (SSSR count). The lowest BCUT2D eigenvalue weighted by Gasteiger charge is -2.21. The highest BCUT2D eigenvalue weighted by Crippen LogP contribution is 2.36. The molecule has 0 aromatic heterocycles. The van der Waals surface area contributed by atoms with Crippen molar-refractivity contribution < 1.29 is 13.2 Å². The van der Waals surface area contributed by atoms with Gasteiger partial charge in [-0.25, -0.2) is 0 Å². The Morgan fingerprint density at radius 3 is 2.83 bits per heavy atom. The molecule has 1 aromatic carbocycles. The van der Waals surface area contributed by atoms with Gasteiger partial charge in [0.05, 0.1) is 6.42 Å². The minimum absolute atomic E-state index is 0.0369. The molecule has 5 heteroatoms. The van der Waals surface area contributed by atoms with Crippen LogP contribution in [0.1, 0.15) is 36.9 Å². The standard InChI is InChI=1S/C13H15BrF3N/c1-8(7-13(15,16)17)18-12-6-5-9-10(12)3-2-4-11(9)14/h2-4,8,12,18H,5-7H2,1H3. The number of halogens is 4. The van der Waals surface area contributed by atoms with E-state index in [4.69, 9.17) is 0 Å². The molecule has 0 saturated heterocycles. The van der Waals surface area contributed by atoms with Crippen LogP contribution in [-0.4, -0.2) is 12.2 Å². The zero-order valence-electron chi connectivity index (χ0n) is 10.0. The molecule has 0 heterocycles. The third kappa shape index (κ3) is 3.26. The molecule has 0 fully saturated rings. The molecule has 1 aliphatic rings. The molecule has 1 nitrogen and oxygen atoms in total. The van der Waals surface area contributed by atoms with Gasteiger partial charge in [-0.1, -0.05) is 28.1 Å². The maximum absolute atomic E-state index is 12.3. The molecule has 0 bridgehead atoms. The van der Waals surface area contributed by atoms with Gasteiger partial charge in [0.15, 0.2) is 0 Å². The molecule has 0 amide bonds. The number of hydrogen-bond donors (Lipinski definition) is 1. The highest BCUT2D eigenvalue weighted by molar-refractivity contribution is 9.10. The molecule has 18 heavy (non-hydrogen) atoms. The van der Waals surface area contributed by atoms with Crippen LogP contribution >= 0.6 is 15.9 Å². The summed E-state index contributed by atoms with van der Waals surface area (Å²) in [6.07, 6.45) is -3.12. The summed E-state index contributed by atoms with van der Waals surface area (Å²) in [4.78, 5) is 0. The molecule has 1 aromatic rings. The SMILES string of the molecule is CC(CC(F)(F)F)NC1CCc2c(Br)cccc21. The Labute approximate surface area is 113 Å². The average molecular weight is 322 g/mol. The fraction of sp³-hybridized carbons (Fsp3) is 0.538. The average Bonchev–Trinajstić information content (AvgIpc) is 2.60. The van der Waals surface area contributed by atoms with Gasteiger partial charge in [-0.05, 0) is 37.0 Å². The second-order valence-corrected chi connectivity index (χ2v) is 5.64. The predicted molar refractivity (Wildman–Crippen MR) is 68.5 cm³/mol. The summed E-state index contributed by atoms with van der Waals surface area (Å²) in [6.45, 7) is 1.59. The van der Waals surface area contributed by atoms with Crippen LogP contribution in [-0.2, 0) is 6.42 Å². The first-order valence-corrected chi connectivity index (χ1v) is 6.76. The number of hydrogen-bond acceptors (Lipinski definition) is 1. The molecule has 2 atom stereocenters. The molecule has 0 saturated carbocycles. The second-order valence-electron chi connectivity index (χ2n) is 4.79. The zero-order chi connectivity index (χ0) is 13.3. The molecule has 2 unspecified atom stereocenters. The second kappa shape index (κ2) is 5.21. The van der Waals surface area contributed by atoms with Crippen LogP contribution < -0.4 is 5.32 Å². The first-order valence-electron chi connectivity index (χ1n) is 5.97.